The summed E-state index contributed by atoms with van der Waals surface area (Å²) in [5, 5.41) is 19.3. The topological polar surface area (TPSA) is 99.2 Å². The fourth-order valence-corrected chi connectivity index (χ4v) is 4.39. The van der Waals surface area contributed by atoms with Crippen LogP contribution in [0.2, 0.25) is 0 Å². The molecule has 1 atom stereocenters. The molecule has 0 unspecified atom stereocenters. The molecule has 0 spiro atoms. The van der Waals surface area contributed by atoms with Gasteiger partial charge in [-0.2, -0.15) is 5.26 Å². The molecule has 2 aromatic carbocycles. The number of carboxylic acid groups (broad SMARTS) is 1. The number of benzene rings is 2. The van der Waals surface area contributed by atoms with Crippen LogP contribution in [0.1, 0.15) is 63.0 Å². The molecule has 1 saturated carbocycles. The van der Waals surface area contributed by atoms with Crippen molar-refractivity contribution in [2.75, 3.05) is 0 Å². The molecule has 1 fully saturated rings. The molecule has 0 saturated heterocycles. The first-order valence-electron chi connectivity index (χ1n) is 10.9. The smallest absolute Gasteiger partial charge is 0.408 e. The van der Waals surface area contributed by atoms with Gasteiger partial charge in [-0.15, -0.1) is 0 Å². The Morgan fingerprint density at radius 3 is 2.47 bits per heavy atom. The quantitative estimate of drug-likeness (QED) is 0.541. The van der Waals surface area contributed by atoms with E-state index in [1.807, 2.05) is 6.07 Å². The van der Waals surface area contributed by atoms with E-state index in [1.165, 1.54) is 33.7 Å². The van der Waals surface area contributed by atoms with Gasteiger partial charge in [-0.3, -0.25) is 14.3 Å². The van der Waals surface area contributed by atoms with Crippen LogP contribution in [0.5, 0.6) is 0 Å². The summed E-state index contributed by atoms with van der Waals surface area (Å²) in [6.45, 7) is 5.27. The number of nitriles is 1. The SMILES string of the molecule is CC(C)(C)N(C(=O)O)[C@H](c1nc2cccc(C(F)F)c2c(=O)n1-c1cccc(C#N)c1)C1CC1. The number of carbonyl (C=O) groups is 1. The van der Waals surface area contributed by atoms with E-state index in [0.717, 1.165) is 12.8 Å². The van der Waals surface area contributed by atoms with Crippen LogP contribution in [0.3, 0.4) is 0 Å². The Bertz CT molecular complexity index is 1370. The maximum atomic E-state index is 13.8. The van der Waals surface area contributed by atoms with Gasteiger partial charge in [0.25, 0.3) is 12.0 Å². The van der Waals surface area contributed by atoms with Gasteiger partial charge in [-0.25, -0.2) is 18.6 Å². The molecule has 1 N–H and O–H groups in total. The van der Waals surface area contributed by atoms with Crippen molar-refractivity contribution < 1.29 is 18.7 Å². The van der Waals surface area contributed by atoms with Gasteiger partial charge in [0, 0.05) is 11.1 Å². The summed E-state index contributed by atoms with van der Waals surface area (Å²) < 4.78 is 28.8. The van der Waals surface area contributed by atoms with E-state index in [0.29, 0.717) is 0 Å². The molecule has 4 rings (SSSR count). The summed E-state index contributed by atoms with van der Waals surface area (Å²) in [6.07, 6.45) is -2.58. The second kappa shape index (κ2) is 8.52. The van der Waals surface area contributed by atoms with Crippen molar-refractivity contribution in [2.24, 2.45) is 5.92 Å². The monoisotopic (exact) mass is 466 g/mol. The zero-order chi connectivity index (χ0) is 24.8. The first-order valence-corrected chi connectivity index (χ1v) is 10.9. The van der Waals surface area contributed by atoms with Crippen LogP contribution < -0.4 is 5.56 Å². The molecule has 0 aliphatic heterocycles. The maximum Gasteiger partial charge on any atom is 0.408 e. The number of aromatic nitrogens is 2. The molecular formula is C25H24F2N4O3. The van der Waals surface area contributed by atoms with E-state index < -0.39 is 35.2 Å². The highest BCUT2D eigenvalue weighted by molar-refractivity contribution is 5.82. The van der Waals surface area contributed by atoms with Crippen LogP contribution >= 0.6 is 0 Å². The van der Waals surface area contributed by atoms with Gasteiger partial charge in [-0.1, -0.05) is 18.2 Å². The summed E-state index contributed by atoms with van der Waals surface area (Å²) in [7, 11) is 0. The van der Waals surface area contributed by atoms with Crippen molar-refractivity contribution in [3.05, 3.63) is 69.8 Å². The highest BCUT2D eigenvalue weighted by atomic mass is 19.3. The maximum absolute atomic E-state index is 13.8. The van der Waals surface area contributed by atoms with Gasteiger partial charge in [0.2, 0.25) is 0 Å². The molecule has 176 valence electrons. The fraction of sp³-hybridized carbons (Fsp3) is 0.360. The molecule has 7 nitrogen and oxygen atoms in total. The molecule has 1 aliphatic carbocycles. The van der Waals surface area contributed by atoms with Crippen molar-refractivity contribution in [3.8, 4) is 11.8 Å². The number of amides is 1. The van der Waals surface area contributed by atoms with Crippen LogP contribution in [-0.4, -0.2) is 31.2 Å². The molecule has 34 heavy (non-hydrogen) atoms. The number of nitrogens with zero attached hydrogens (tertiary/aromatic N) is 4. The molecule has 1 aromatic heterocycles. The summed E-state index contributed by atoms with van der Waals surface area (Å²) in [4.78, 5) is 32.1. The lowest BCUT2D eigenvalue weighted by Crippen LogP contribution is -2.49. The van der Waals surface area contributed by atoms with Crippen LogP contribution in [0.25, 0.3) is 16.6 Å². The standard InChI is InChI=1S/C25H24F2N4O3/c1-25(2,3)31(24(33)34)20(15-10-11-15)22-29-18-9-5-8-17(21(26)27)19(18)23(32)30(22)16-7-4-6-14(12-16)13-28/h4-9,12,15,20-21H,10-11H2,1-3H3,(H,33,34)/t20-/m0/s1. The largest absolute Gasteiger partial charge is 0.465 e. The van der Waals surface area contributed by atoms with Gasteiger partial charge in [0.05, 0.1) is 34.3 Å². The van der Waals surface area contributed by atoms with Gasteiger partial charge in [-0.05, 0) is 63.8 Å². The van der Waals surface area contributed by atoms with E-state index in [-0.39, 0.29) is 33.9 Å². The summed E-state index contributed by atoms with van der Waals surface area (Å²) in [6, 6.07) is 11.5. The van der Waals surface area contributed by atoms with Gasteiger partial charge in [0.15, 0.2) is 0 Å². The van der Waals surface area contributed by atoms with Gasteiger partial charge in [0.1, 0.15) is 5.82 Å². The Labute approximate surface area is 194 Å². The number of hydrogen-bond acceptors (Lipinski definition) is 4. The van der Waals surface area contributed by atoms with Crippen LogP contribution in [0.15, 0.2) is 47.3 Å². The van der Waals surface area contributed by atoms with Gasteiger partial charge >= 0.3 is 6.09 Å². The number of alkyl halides is 2. The number of halogens is 2. The lowest BCUT2D eigenvalue weighted by molar-refractivity contribution is 0.0582. The Hall–Kier alpha value is -3.80. The first-order chi connectivity index (χ1) is 16.0. The molecule has 9 heteroatoms. The fourth-order valence-electron chi connectivity index (χ4n) is 4.39. The minimum atomic E-state index is -2.90. The third-order valence-corrected chi connectivity index (χ3v) is 5.96. The average molecular weight is 466 g/mol. The second-order valence-corrected chi connectivity index (χ2v) is 9.42. The number of rotatable bonds is 5. The number of fused-ring (bicyclic) bond motifs is 1. The summed E-state index contributed by atoms with van der Waals surface area (Å²) >= 11 is 0. The van der Waals surface area contributed by atoms with E-state index in [1.54, 1.807) is 39.0 Å². The van der Waals surface area contributed by atoms with Crippen molar-refractivity contribution in [2.45, 2.75) is 51.6 Å². The first kappa shape index (κ1) is 23.4. The Balaban J connectivity index is 2.13. The van der Waals surface area contributed by atoms with E-state index in [2.05, 4.69) is 4.98 Å². The van der Waals surface area contributed by atoms with Crippen molar-refractivity contribution >= 4 is 17.0 Å². The third kappa shape index (κ3) is 4.12. The normalized spacial score (nSPS) is 14.7. The zero-order valence-corrected chi connectivity index (χ0v) is 19.0. The van der Waals surface area contributed by atoms with Crippen LogP contribution in [0, 0.1) is 17.2 Å². The van der Waals surface area contributed by atoms with Crippen molar-refractivity contribution in [1.82, 2.24) is 14.5 Å². The molecule has 0 radical (unpaired) electrons. The highest BCUT2D eigenvalue weighted by Gasteiger charge is 2.45. The molecule has 1 heterocycles. The molecule has 1 amide bonds. The summed E-state index contributed by atoms with van der Waals surface area (Å²) in [5.74, 6) is 0.0715. The number of hydrogen-bond donors (Lipinski definition) is 1. The predicted octanol–water partition coefficient (Wildman–Crippen LogP) is 5.42. The zero-order valence-electron chi connectivity index (χ0n) is 19.0. The van der Waals surface area contributed by atoms with Gasteiger partial charge < -0.3 is 5.11 Å². The minimum Gasteiger partial charge on any atom is -0.465 e. The Morgan fingerprint density at radius 2 is 1.91 bits per heavy atom. The molecule has 0 bridgehead atoms. The minimum absolute atomic E-state index is 0.0791. The van der Waals surface area contributed by atoms with Crippen molar-refractivity contribution in [3.63, 3.8) is 0 Å². The molecule has 3 aromatic rings. The van der Waals surface area contributed by atoms with E-state index in [9.17, 15) is 28.7 Å². The molecule has 1 aliphatic rings. The third-order valence-electron chi connectivity index (χ3n) is 5.96. The lowest BCUT2D eigenvalue weighted by atomic mass is 9.99. The second-order valence-electron chi connectivity index (χ2n) is 9.42. The highest BCUT2D eigenvalue weighted by Crippen LogP contribution is 2.46. The lowest BCUT2D eigenvalue weighted by Gasteiger charge is -2.40. The van der Waals surface area contributed by atoms with Crippen LogP contribution in [-0.2, 0) is 0 Å². The van der Waals surface area contributed by atoms with E-state index >= 15 is 0 Å². The molecular weight excluding hydrogens is 442 g/mol. The summed E-state index contributed by atoms with van der Waals surface area (Å²) in [5.41, 5.74) is -1.38. The Kier molecular flexibility index (Phi) is 5.86. The average Bonchev–Trinajstić information content (AvgIpc) is 3.60. The van der Waals surface area contributed by atoms with E-state index in [4.69, 9.17) is 0 Å². The predicted molar refractivity (Wildman–Crippen MR) is 122 cm³/mol. The van der Waals surface area contributed by atoms with Crippen LogP contribution in [0.4, 0.5) is 13.6 Å². The van der Waals surface area contributed by atoms with Crippen molar-refractivity contribution in [1.29, 1.82) is 5.26 Å². The Morgan fingerprint density at radius 1 is 1.24 bits per heavy atom.